The lowest BCUT2D eigenvalue weighted by atomic mass is 10.1. The van der Waals surface area contributed by atoms with E-state index in [9.17, 15) is 0 Å². The first-order valence-electron chi connectivity index (χ1n) is 12.4. The minimum atomic E-state index is 1.10. The highest BCUT2D eigenvalue weighted by Gasteiger charge is 2.08. The Bertz CT molecular complexity index is 629. The van der Waals surface area contributed by atoms with Crippen LogP contribution in [0.5, 0.6) is 0 Å². The quantitative estimate of drug-likeness (QED) is 0.248. The van der Waals surface area contributed by atoms with Crippen LogP contribution in [0.4, 0.5) is 0 Å². The van der Waals surface area contributed by atoms with Gasteiger partial charge >= 0.3 is 0 Å². The van der Waals surface area contributed by atoms with Crippen LogP contribution in [-0.4, -0.2) is 9.55 Å². The Balaban J connectivity index is 1.80. The van der Waals surface area contributed by atoms with Crippen LogP contribution in [0.25, 0.3) is 0 Å². The molecule has 1 aromatic carbocycles. The fourth-order valence-corrected chi connectivity index (χ4v) is 4.09. The number of imidazole rings is 1. The molecule has 0 atom stereocenters. The van der Waals surface area contributed by atoms with Crippen molar-refractivity contribution in [2.45, 2.75) is 117 Å². The number of hydrogen-bond acceptors (Lipinski definition) is 1. The van der Waals surface area contributed by atoms with Gasteiger partial charge in [-0.05, 0) is 37.7 Å². The zero-order valence-electron chi connectivity index (χ0n) is 19.2. The van der Waals surface area contributed by atoms with E-state index in [2.05, 4.69) is 54.9 Å². The Morgan fingerprint density at radius 3 is 2.03 bits per heavy atom. The van der Waals surface area contributed by atoms with Crippen LogP contribution >= 0.6 is 0 Å². The predicted octanol–water partition coefficient (Wildman–Crippen LogP) is 7.93. The number of nitrogens with zero attached hydrogens (tertiary/aromatic N) is 2. The van der Waals surface area contributed by atoms with E-state index in [1.807, 2.05) is 0 Å². The molecule has 0 amide bonds. The second-order valence-corrected chi connectivity index (χ2v) is 8.61. The van der Waals surface area contributed by atoms with Gasteiger partial charge in [0.1, 0.15) is 5.82 Å². The molecule has 0 aliphatic heterocycles. The van der Waals surface area contributed by atoms with Gasteiger partial charge in [0.2, 0.25) is 0 Å². The third-order valence-corrected chi connectivity index (χ3v) is 5.91. The first-order chi connectivity index (χ1) is 14.3. The van der Waals surface area contributed by atoms with Gasteiger partial charge in [0, 0.05) is 19.2 Å². The fourth-order valence-electron chi connectivity index (χ4n) is 4.09. The van der Waals surface area contributed by atoms with Crippen molar-refractivity contribution in [1.82, 2.24) is 9.55 Å². The fraction of sp³-hybridized carbons (Fsp3) is 0.667. The molecule has 0 saturated carbocycles. The molecule has 1 heterocycles. The lowest BCUT2D eigenvalue weighted by molar-refractivity contribution is 0.534. The second kappa shape index (κ2) is 15.3. The summed E-state index contributed by atoms with van der Waals surface area (Å²) in [5.41, 5.74) is 2.74. The molecule has 2 aromatic rings. The maximum absolute atomic E-state index is 5.04. The topological polar surface area (TPSA) is 17.8 Å². The van der Waals surface area contributed by atoms with Gasteiger partial charge in [-0.3, -0.25) is 0 Å². The van der Waals surface area contributed by atoms with Crippen LogP contribution in [0, 0.1) is 0 Å². The molecule has 29 heavy (non-hydrogen) atoms. The molecule has 0 radical (unpaired) electrons. The Hall–Kier alpha value is -1.57. The standard InChI is InChI=1S/C27H44N2/c1-3-5-7-9-10-11-16-23-29-24-26(28-27(29)22-15-8-6-4-2)21-17-20-25-18-13-12-14-19-25/h12-14,18-19,24H,3-11,15-17,20-23H2,1-2H3. The third-order valence-electron chi connectivity index (χ3n) is 5.91. The van der Waals surface area contributed by atoms with Gasteiger partial charge < -0.3 is 4.57 Å². The summed E-state index contributed by atoms with van der Waals surface area (Å²) < 4.78 is 2.48. The average Bonchev–Trinajstić information content (AvgIpc) is 3.13. The van der Waals surface area contributed by atoms with Crippen LogP contribution in [0.15, 0.2) is 36.5 Å². The molecule has 2 rings (SSSR count). The zero-order chi connectivity index (χ0) is 20.6. The SMILES string of the molecule is CCCCCCCCCn1cc(CCCc2ccccc2)nc1CCCCCC. The minimum absolute atomic E-state index is 1.10. The first-order valence-corrected chi connectivity index (χ1v) is 12.4. The Kier molecular flexibility index (Phi) is 12.5. The highest BCUT2D eigenvalue weighted by Crippen LogP contribution is 2.15. The van der Waals surface area contributed by atoms with Crippen molar-refractivity contribution >= 4 is 0 Å². The highest BCUT2D eigenvalue weighted by atomic mass is 15.1. The molecule has 0 aliphatic carbocycles. The molecular weight excluding hydrogens is 352 g/mol. The molecule has 0 unspecified atom stereocenters. The zero-order valence-corrected chi connectivity index (χ0v) is 19.2. The number of hydrogen-bond donors (Lipinski definition) is 0. The van der Waals surface area contributed by atoms with Crippen molar-refractivity contribution in [3.8, 4) is 0 Å². The average molecular weight is 397 g/mol. The monoisotopic (exact) mass is 396 g/mol. The summed E-state index contributed by atoms with van der Waals surface area (Å²) >= 11 is 0. The summed E-state index contributed by atoms with van der Waals surface area (Å²) in [4.78, 5) is 5.04. The number of benzene rings is 1. The summed E-state index contributed by atoms with van der Waals surface area (Å²) in [5.74, 6) is 1.33. The van der Waals surface area contributed by atoms with Gasteiger partial charge in [0.15, 0.2) is 0 Å². The number of unbranched alkanes of at least 4 members (excludes halogenated alkanes) is 9. The lowest BCUT2D eigenvalue weighted by Gasteiger charge is -2.08. The van der Waals surface area contributed by atoms with E-state index >= 15 is 0 Å². The molecule has 1 aromatic heterocycles. The molecule has 0 aliphatic rings. The van der Waals surface area contributed by atoms with Crippen LogP contribution in [0.1, 0.15) is 108 Å². The Labute approximate surface area is 180 Å². The van der Waals surface area contributed by atoms with Gasteiger partial charge in [0.05, 0.1) is 5.69 Å². The van der Waals surface area contributed by atoms with Crippen molar-refractivity contribution in [3.05, 3.63) is 53.6 Å². The van der Waals surface area contributed by atoms with Gasteiger partial charge in [-0.1, -0.05) is 102 Å². The summed E-state index contributed by atoms with van der Waals surface area (Å²) in [5, 5.41) is 0. The molecule has 0 spiro atoms. The summed E-state index contributed by atoms with van der Waals surface area (Å²) in [6, 6.07) is 10.8. The predicted molar refractivity (Wildman–Crippen MR) is 127 cm³/mol. The van der Waals surface area contributed by atoms with Gasteiger partial charge in [-0.25, -0.2) is 4.98 Å². The molecular formula is C27H44N2. The van der Waals surface area contributed by atoms with Crippen molar-refractivity contribution in [2.24, 2.45) is 0 Å². The van der Waals surface area contributed by atoms with E-state index in [-0.39, 0.29) is 0 Å². The molecule has 162 valence electrons. The first kappa shape index (κ1) is 23.7. The van der Waals surface area contributed by atoms with Crippen LogP contribution < -0.4 is 0 Å². The van der Waals surface area contributed by atoms with Crippen LogP contribution in [0.3, 0.4) is 0 Å². The van der Waals surface area contributed by atoms with E-state index in [1.54, 1.807) is 0 Å². The largest absolute Gasteiger partial charge is 0.335 e. The maximum Gasteiger partial charge on any atom is 0.108 e. The molecule has 0 saturated heterocycles. The molecule has 0 fully saturated rings. The summed E-state index contributed by atoms with van der Waals surface area (Å²) in [6.45, 7) is 5.73. The van der Waals surface area contributed by atoms with Crippen molar-refractivity contribution in [2.75, 3.05) is 0 Å². The number of rotatable bonds is 17. The van der Waals surface area contributed by atoms with Gasteiger partial charge in [-0.2, -0.15) is 0 Å². The second-order valence-electron chi connectivity index (χ2n) is 8.61. The van der Waals surface area contributed by atoms with Crippen molar-refractivity contribution in [3.63, 3.8) is 0 Å². The normalized spacial score (nSPS) is 11.2. The molecule has 2 heteroatoms. The Morgan fingerprint density at radius 1 is 0.655 bits per heavy atom. The van der Waals surface area contributed by atoms with E-state index in [1.165, 1.54) is 94.1 Å². The maximum atomic E-state index is 5.04. The van der Waals surface area contributed by atoms with Gasteiger partial charge in [0.25, 0.3) is 0 Å². The van der Waals surface area contributed by atoms with Gasteiger partial charge in [-0.15, -0.1) is 0 Å². The number of aromatic nitrogens is 2. The van der Waals surface area contributed by atoms with Crippen LogP contribution in [-0.2, 0) is 25.8 Å². The minimum Gasteiger partial charge on any atom is -0.335 e. The lowest BCUT2D eigenvalue weighted by Crippen LogP contribution is -2.03. The third kappa shape index (κ3) is 10.1. The molecule has 0 N–H and O–H groups in total. The molecule has 0 bridgehead atoms. The molecule has 2 nitrogen and oxygen atoms in total. The highest BCUT2D eigenvalue weighted by molar-refractivity contribution is 5.15. The van der Waals surface area contributed by atoms with Crippen molar-refractivity contribution < 1.29 is 0 Å². The van der Waals surface area contributed by atoms with Crippen molar-refractivity contribution in [1.29, 1.82) is 0 Å². The van der Waals surface area contributed by atoms with E-state index < -0.39 is 0 Å². The van der Waals surface area contributed by atoms with E-state index in [0.29, 0.717) is 0 Å². The number of aryl methyl sites for hydroxylation is 4. The van der Waals surface area contributed by atoms with E-state index in [0.717, 1.165) is 25.8 Å². The summed E-state index contributed by atoms with van der Waals surface area (Å²) in [6.07, 6.45) is 21.8. The smallest absolute Gasteiger partial charge is 0.108 e. The Morgan fingerprint density at radius 2 is 1.31 bits per heavy atom. The van der Waals surface area contributed by atoms with Crippen LogP contribution in [0.2, 0.25) is 0 Å². The summed E-state index contributed by atoms with van der Waals surface area (Å²) in [7, 11) is 0. The van der Waals surface area contributed by atoms with E-state index in [4.69, 9.17) is 4.98 Å².